The van der Waals surface area contributed by atoms with E-state index in [2.05, 4.69) is 5.32 Å². The van der Waals surface area contributed by atoms with Crippen LogP contribution >= 0.6 is 0 Å². The summed E-state index contributed by atoms with van der Waals surface area (Å²) in [4.78, 5) is 0. The van der Waals surface area contributed by atoms with Crippen LogP contribution in [0.15, 0.2) is 0 Å². The molecule has 0 aromatic carbocycles. The van der Waals surface area contributed by atoms with E-state index in [1.165, 1.54) is 0 Å². The van der Waals surface area contributed by atoms with Gasteiger partial charge < -0.3 is 10.4 Å². The van der Waals surface area contributed by atoms with Crippen LogP contribution in [-0.4, -0.2) is 44.7 Å². The number of sulfone groups is 1. The van der Waals surface area contributed by atoms with Crippen molar-refractivity contribution < 1.29 is 13.5 Å². The Morgan fingerprint density at radius 1 is 1.46 bits per heavy atom. The second-order valence-electron chi connectivity index (χ2n) is 4.22. The first-order valence-electron chi connectivity index (χ1n) is 4.60. The Morgan fingerprint density at radius 3 is 2.46 bits per heavy atom. The summed E-state index contributed by atoms with van der Waals surface area (Å²) in [5, 5.41) is 12.3. The summed E-state index contributed by atoms with van der Waals surface area (Å²) in [7, 11) is -2.80. The molecule has 2 aliphatic heterocycles. The smallest absolute Gasteiger partial charge is 0.150 e. The molecule has 0 bridgehead atoms. The molecular formula is C8H15NO3S. The molecule has 0 radical (unpaired) electrons. The fourth-order valence-corrected chi connectivity index (χ4v) is 4.20. The van der Waals surface area contributed by atoms with Crippen molar-refractivity contribution in [2.75, 3.05) is 31.2 Å². The van der Waals surface area contributed by atoms with E-state index in [4.69, 9.17) is 0 Å². The van der Waals surface area contributed by atoms with Crippen molar-refractivity contribution in [1.82, 2.24) is 5.32 Å². The van der Waals surface area contributed by atoms with E-state index in [1.54, 1.807) is 0 Å². The van der Waals surface area contributed by atoms with Gasteiger partial charge in [-0.1, -0.05) is 0 Å². The first kappa shape index (κ1) is 9.43. The van der Waals surface area contributed by atoms with Gasteiger partial charge in [0.2, 0.25) is 0 Å². The lowest BCUT2D eigenvalue weighted by atomic mass is 9.71. The zero-order valence-corrected chi connectivity index (χ0v) is 8.31. The third-order valence-corrected chi connectivity index (χ3v) is 5.14. The second kappa shape index (κ2) is 2.93. The van der Waals surface area contributed by atoms with E-state index >= 15 is 0 Å². The first-order chi connectivity index (χ1) is 6.08. The highest BCUT2D eigenvalue weighted by molar-refractivity contribution is 7.91. The molecule has 0 saturated carbocycles. The van der Waals surface area contributed by atoms with Gasteiger partial charge in [-0.2, -0.15) is 0 Å². The minimum Gasteiger partial charge on any atom is -0.396 e. The number of aliphatic hydroxyl groups excluding tert-OH is 1. The van der Waals surface area contributed by atoms with Gasteiger partial charge in [0, 0.05) is 18.5 Å². The number of hydrogen-bond acceptors (Lipinski definition) is 4. The van der Waals surface area contributed by atoms with Crippen molar-refractivity contribution in [3.63, 3.8) is 0 Å². The SMILES string of the molecule is O=S1(=O)CCC(C2(CO)CNC2)C1. The van der Waals surface area contributed by atoms with E-state index in [9.17, 15) is 13.5 Å². The maximum absolute atomic E-state index is 11.2. The summed E-state index contributed by atoms with van der Waals surface area (Å²) >= 11 is 0. The summed E-state index contributed by atoms with van der Waals surface area (Å²) < 4.78 is 22.5. The van der Waals surface area contributed by atoms with Crippen molar-refractivity contribution in [3.8, 4) is 0 Å². The third-order valence-electron chi connectivity index (χ3n) is 3.37. The molecule has 0 spiro atoms. The topological polar surface area (TPSA) is 66.4 Å². The average Bonchev–Trinajstić information content (AvgIpc) is 2.30. The standard InChI is InChI=1S/C8H15NO3S/c10-6-8(4-9-5-8)7-1-2-13(11,12)3-7/h7,9-10H,1-6H2. The normalized spacial score (nSPS) is 35.6. The van der Waals surface area contributed by atoms with Crippen molar-refractivity contribution in [2.24, 2.45) is 11.3 Å². The molecular weight excluding hydrogens is 190 g/mol. The van der Waals surface area contributed by atoms with Crippen LogP contribution in [0, 0.1) is 11.3 Å². The molecule has 2 N–H and O–H groups in total. The summed E-state index contributed by atoms with van der Waals surface area (Å²) in [5.74, 6) is 0.748. The molecule has 2 saturated heterocycles. The predicted molar refractivity (Wildman–Crippen MR) is 49.1 cm³/mol. The lowest BCUT2D eigenvalue weighted by molar-refractivity contribution is 0.0198. The Balaban J connectivity index is 2.10. The van der Waals surface area contributed by atoms with Gasteiger partial charge in [0.15, 0.2) is 9.84 Å². The minimum absolute atomic E-state index is 0.111. The highest BCUT2D eigenvalue weighted by Crippen LogP contribution is 2.38. The van der Waals surface area contributed by atoms with Gasteiger partial charge in [-0.3, -0.25) is 0 Å². The van der Waals surface area contributed by atoms with Gasteiger partial charge in [0.1, 0.15) is 0 Å². The Morgan fingerprint density at radius 2 is 2.15 bits per heavy atom. The van der Waals surface area contributed by atoms with E-state index in [0.29, 0.717) is 5.75 Å². The van der Waals surface area contributed by atoms with Gasteiger partial charge in [-0.05, 0) is 12.3 Å². The van der Waals surface area contributed by atoms with Crippen molar-refractivity contribution in [1.29, 1.82) is 0 Å². The highest BCUT2D eigenvalue weighted by Gasteiger charge is 2.47. The van der Waals surface area contributed by atoms with Crippen molar-refractivity contribution in [2.45, 2.75) is 6.42 Å². The van der Waals surface area contributed by atoms with E-state index in [0.717, 1.165) is 19.5 Å². The van der Waals surface area contributed by atoms with Crippen LogP contribution in [0.3, 0.4) is 0 Å². The molecule has 2 rings (SSSR count). The predicted octanol–water partition coefficient (Wildman–Crippen LogP) is -0.997. The molecule has 1 unspecified atom stereocenters. The van der Waals surface area contributed by atoms with Crippen LogP contribution < -0.4 is 5.32 Å². The largest absolute Gasteiger partial charge is 0.396 e. The maximum Gasteiger partial charge on any atom is 0.150 e. The van der Waals surface area contributed by atoms with Crippen LogP contribution in [0.25, 0.3) is 0 Å². The van der Waals surface area contributed by atoms with E-state index in [1.807, 2.05) is 0 Å². The lowest BCUT2D eigenvalue weighted by Gasteiger charge is -2.45. The van der Waals surface area contributed by atoms with Crippen molar-refractivity contribution in [3.05, 3.63) is 0 Å². The summed E-state index contributed by atoms with van der Waals surface area (Å²) in [6.45, 7) is 1.65. The molecule has 2 fully saturated rings. The highest BCUT2D eigenvalue weighted by atomic mass is 32.2. The molecule has 5 heteroatoms. The zero-order valence-electron chi connectivity index (χ0n) is 7.49. The van der Waals surface area contributed by atoms with Crippen LogP contribution in [0.1, 0.15) is 6.42 Å². The fourth-order valence-electron chi connectivity index (χ4n) is 2.25. The molecule has 4 nitrogen and oxygen atoms in total. The molecule has 1 atom stereocenters. The van der Waals surface area contributed by atoms with Gasteiger partial charge >= 0.3 is 0 Å². The van der Waals surface area contributed by atoms with Gasteiger partial charge in [-0.15, -0.1) is 0 Å². The molecule has 76 valence electrons. The summed E-state index contributed by atoms with van der Waals surface area (Å²) in [6, 6.07) is 0. The van der Waals surface area contributed by atoms with Crippen LogP contribution in [0.4, 0.5) is 0 Å². The minimum atomic E-state index is -2.80. The Hall–Kier alpha value is -0.130. The quantitative estimate of drug-likeness (QED) is 0.607. The van der Waals surface area contributed by atoms with Crippen molar-refractivity contribution >= 4 is 9.84 Å². The Labute approximate surface area is 78.3 Å². The molecule has 2 aliphatic rings. The summed E-state index contributed by atoms with van der Waals surface area (Å²) in [5.41, 5.74) is -0.135. The second-order valence-corrected chi connectivity index (χ2v) is 6.45. The average molecular weight is 205 g/mol. The van der Waals surface area contributed by atoms with Crippen LogP contribution in [-0.2, 0) is 9.84 Å². The van der Waals surface area contributed by atoms with E-state index in [-0.39, 0.29) is 23.7 Å². The summed E-state index contributed by atoms with van der Waals surface area (Å²) in [6.07, 6.45) is 0.727. The maximum atomic E-state index is 11.2. The van der Waals surface area contributed by atoms with Gasteiger partial charge in [0.25, 0.3) is 0 Å². The number of hydrogen-bond donors (Lipinski definition) is 2. The van der Waals surface area contributed by atoms with Crippen LogP contribution in [0.5, 0.6) is 0 Å². The molecule has 0 aromatic heterocycles. The lowest BCUT2D eigenvalue weighted by Crippen LogP contribution is -2.60. The monoisotopic (exact) mass is 205 g/mol. The zero-order chi connectivity index (χ0) is 9.53. The third kappa shape index (κ3) is 1.49. The molecule has 0 amide bonds. The first-order valence-corrected chi connectivity index (χ1v) is 6.42. The Bertz CT molecular complexity index is 289. The molecule has 0 aromatic rings. The van der Waals surface area contributed by atoms with Crippen LogP contribution in [0.2, 0.25) is 0 Å². The molecule has 13 heavy (non-hydrogen) atoms. The number of aliphatic hydroxyl groups is 1. The number of nitrogens with one attached hydrogen (secondary N) is 1. The Kier molecular flexibility index (Phi) is 2.13. The molecule has 0 aliphatic carbocycles. The fraction of sp³-hybridized carbons (Fsp3) is 1.00. The molecule has 2 heterocycles. The van der Waals surface area contributed by atoms with Gasteiger partial charge in [0.05, 0.1) is 18.1 Å². The van der Waals surface area contributed by atoms with E-state index < -0.39 is 9.84 Å². The number of rotatable bonds is 2. The van der Waals surface area contributed by atoms with Gasteiger partial charge in [-0.25, -0.2) is 8.42 Å².